The van der Waals surface area contributed by atoms with Gasteiger partial charge in [0.2, 0.25) is 0 Å². The van der Waals surface area contributed by atoms with Gasteiger partial charge in [-0.25, -0.2) is 17.6 Å². The molecule has 5 nitrogen and oxygen atoms in total. The summed E-state index contributed by atoms with van der Waals surface area (Å²) in [6, 6.07) is 4.00. The van der Waals surface area contributed by atoms with Crippen LogP contribution in [0.25, 0.3) is 11.3 Å². The van der Waals surface area contributed by atoms with E-state index in [1.807, 2.05) is 0 Å². The maximum absolute atomic E-state index is 14.1. The number of rotatable bonds is 6. The third kappa shape index (κ3) is 4.99. The third-order valence-corrected chi connectivity index (χ3v) is 7.29. The highest BCUT2D eigenvalue weighted by Crippen LogP contribution is 2.40. The van der Waals surface area contributed by atoms with E-state index >= 15 is 0 Å². The number of halogens is 4. The normalized spacial score (nSPS) is 26.2. The number of likely N-dealkylation sites (tertiary alicyclic amines) is 1. The molecule has 9 heteroatoms. The van der Waals surface area contributed by atoms with Crippen molar-refractivity contribution < 1.29 is 22.3 Å². The van der Waals surface area contributed by atoms with Crippen molar-refractivity contribution >= 4 is 5.82 Å². The van der Waals surface area contributed by atoms with E-state index in [1.54, 1.807) is 0 Å². The molecule has 2 saturated heterocycles. The molecular weight excluding hydrogens is 436 g/mol. The third-order valence-electron chi connectivity index (χ3n) is 7.29. The molecule has 1 saturated carbocycles. The van der Waals surface area contributed by atoms with Crippen LogP contribution in [-0.4, -0.2) is 54.0 Å². The van der Waals surface area contributed by atoms with Gasteiger partial charge in [-0.15, -0.1) is 10.2 Å². The fraction of sp³-hybridized carbons (Fsp3) is 0.583. The number of benzene rings is 1. The Morgan fingerprint density at radius 1 is 1.03 bits per heavy atom. The van der Waals surface area contributed by atoms with Gasteiger partial charge in [0.15, 0.2) is 5.82 Å². The van der Waals surface area contributed by atoms with Crippen molar-refractivity contribution in [3.05, 3.63) is 41.5 Å². The summed E-state index contributed by atoms with van der Waals surface area (Å²) in [6.07, 6.45) is 1.25. The van der Waals surface area contributed by atoms with Crippen LogP contribution in [0.1, 0.15) is 37.7 Å². The fourth-order valence-electron chi connectivity index (χ4n) is 5.66. The van der Waals surface area contributed by atoms with E-state index < -0.39 is 18.1 Å². The number of hydrogen-bond donors (Lipinski definition) is 1. The van der Waals surface area contributed by atoms with Crippen molar-refractivity contribution in [2.75, 3.05) is 38.2 Å². The topological polar surface area (TPSA) is 50.3 Å². The van der Waals surface area contributed by atoms with Crippen LogP contribution >= 0.6 is 0 Å². The first-order valence-electron chi connectivity index (χ1n) is 11.6. The zero-order valence-electron chi connectivity index (χ0n) is 18.3. The Hall–Kier alpha value is -2.26. The molecule has 2 atom stereocenters. The van der Waals surface area contributed by atoms with E-state index in [4.69, 9.17) is 4.74 Å². The molecule has 0 spiro atoms. The van der Waals surface area contributed by atoms with Gasteiger partial charge in [-0.2, -0.15) is 0 Å². The lowest BCUT2D eigenvalue weighted by Gasteiger charge is -2.28. The van der Waals surface area contributed by atoms with Crippen molar-refractivity contribution in [3.63, 3.8) is 0 Å². The van der Waals surface area contributed by atoms with E-state index in [0.29, 0.717) is 17.8 Å². The maximum Gasteiger partial charge on any atom is 0.267 e. The summed E-state index contributed by atoms with van der Waals surface area (Å²) in [5, 5.41) is 11.0. The molecule has 178 valence electrons. The smallest absolute Gasteiger partial charge is 0.267 e. The van der Waals surface area contributed by atoms with Gasteiger partial charge in [0.25, 0.3) is 6.43 Å². The van der Waals surface area contributed by atoms with Crippen LogP contribution < -0.4 is 5.32 Å². The van der Waals surface area contributed by atoms with Crippen LogP contribution in [0, 0.1) is 29.4 Å². The van der Waals surface area contributed by atoms with E-state index in [1.165, 1.54) is 0 Å². The van der Waals surface area contributed by atoms with Gasteiger partial charge in [0.1, 0.15) is 11.6 Å². The lowest BCUT2D eigenvalue weighted by atomic mass is 10.00. The highest BCUT2D eigenvalue weighted by molar-refractivity contribution is 5.63. The van der Waals surface area contributed by atoms with Crippen molar-refractivity contribution in [3.8, 4) is 11.3 Å². The number of alkyl halides is 2. The molecule has 5 rings (SSSR count). The molecule has 1 aliphatic carbocycles. The van der Waals surface area contributed by atoms with Gasteiger partial charge >= 0.3 is 0 Å². The van der Waals surface area contributed by atoms with Crippen LogP contribution in [0.4, 0.5) is 23.4 Å². The van der Waals surface area contributed by atoms with Gasteiger partial charge in [0, 0.05) is 44.5 Å². The van der Waals surface area contributed by atoms with Crippen LogP contribution in [-0.2, 0) is 4.74 Å². The van der Waals surface area contributed by atoms with Crippen molar-refractivity contribution in [1.29, 1.82) is 0 Å². The van der Waals surface area contributed by atoms with E-state index in [9.17, 15) is 17.6 Å². The highest BCUT2D eigenvalue weighted by atomic mass is 19.3. The van der Waals surface area contributed by atoms with Gasteiger partial charge in [0.05, 0.1) is 11.3 Å². The minimum atomic E-state index is -2.81. The molecule has 2 unspecified atom stereocenters. The summed E-state index contributed by atoms with van der Waals surface area (Å²) in [5.41, 5.74) is -0.641. The maximum atomic E-state index is 14.1. The van der Waals surface area contributed by atoms with E-state index in [-0.39, 0.29) is 28.7 Å². The Morgan fingerprint density at radius 2 is 1.76 bits per heavy atom. The molecular formula is C24H28F4N4O. The van der Waals surface area contributed by atoms with E-state index in [2.05, 4.69) is 20.4 Å². The Balaban J connectivity index is 1.23. The molecule has 2 aromatic rings. The summed E-state index contributed by atoms with van der Waals surface area (Å²) in [6.45, 7) is 4.93. The first kappa shape index (κ1) is 22.5. The summed E-state index contributed by atoms with van der Waals surface area (Å²) in [5.74, 6) is 0.418. The molecule has 0 radical (unpaired) electrons. The number of nitrogens with zero attached hydrogens (tertiary/aromatic N) is 3. The van der Waals surface area contributed by atoms with Gasteiger partial charge in [-0.05, 0) is 67.7 Å². The first-order chi connectivity index (χ1) is 16.0. The Morgan fingerprint density at radius 3 is 2.45 bits per heavy atom. The van der Waals surface area contributed by atoms with Crippen molar-refractivity contribution in [2.45, 2.75) is 38.2 Å². The van der Waals surface area contributed by atoms with Gasteiger partial charge in [-0.3, -0.25) is 0 Å². The van der Waals surface area contributed by atoms with E-state index in [0.717, 1.165) is 82.8 Å². The number of aromatic nitrogens is 2. The Kier molecular flexibility index (Phi) is 6.51. The largest absolute Gasteiger partial charge is 0.381 e. The summed E-state index contributed by atoms with van der Waals surface area (Å²) < 4.78 is 60.6. The van der Waals surface area contributed by atoms with Crippen LogP contribution in [0.2, 0.25) is 0 Å². The first-order valence-corrected chi connectivity index (χ1v) is 11.6. The van der Waals surface area contributed by atoms with Crippen LogP contribution in [0.3, 0.4) is 0 Å². The molecule has 3 heterocycles. The second kappa shape index (κ2) is 9.54. The van der Waals surface area contributed by atoms with Crippen LogP contribution in [0.5, 0.6) is 0 Å². The molecule has 1 aromatic carbocycles. The monoisotopic (exact) mass is 464 g/mol. The minimum absolute atomic E-state index is 0.0228. The second-order valence-corrected chi connectivity index (χ2v) is 9.57. The van der Waals surface area contributed by atoms with Crippen molar-refractivity contribution in [2.24, 2.45) is 17.8 Å². The fourth-order valence-corrected chi connectivity index (χ4v) is 5.66. The Labute approximate surface area is 190 Å². The quantitative estimate of drug-likeness (QED) is 0.616. The number of ether oxygens (including phenoxy) is 1. The number of nitrogens with one attached hydrogen (secondary N) is 1. The summed E-state index contributed by atoms with van der Waals surface area (Å²) in [4.78, 5) is 2.55. The average molecular weight is 465 g/mol. The van der Waals surface area contributed by atoms with Crippen LogP contribution in [0.15, 0.2) is 24.3 Å². The molecule has 2 aliphatic heterocycles. The minimum Gasteiger partial charge on any atom is -0.381 e. The Bertz CT molecular complexity index is 971. The predicted octanol–water partition coefficient (Wildman–Crippen LogP) is 4.91. The second-order valence-electron chi connectivity index (χ2n) is 9.57. The standard InChI is InChI=1S/C24H28F4N4O/c25-17-1-2-21(26)19(9-17)22-10-20(23(27)28)24(31-30-22)29-18-7-15-12-32(13-16(15)8-18)11-14-3-5-33-6-4-14/h1-2,9-10,14-16,18,23H,3-8,11-13H2,(H,29,31). The SMILES string of the molecule is Fc1ccc(F)c(-c2cc(C(F)F)c(NC3CC4CN(CC5CCOCC5)CC4C3)nn2)c1. The highest BCUT2D eigenvalue weighted by Gasteiger charge is 2.41. The zero-order valence-corrected chi connectivity index (χ0v) is 18.3. The lowest BCUT2D eigenvalue weighted by molar-refractivity contribution is 0.0545. The molecule has 0 amide bonds. The lowest BCUT2D eigenvalue weighted by Crippen LogP contribution is -2.32. The number of fused-ring (bicyclic) bond motifs is 1. The molecule has 0 bridgehead atoms. The molecule has 3 aliphatic rings. The molecule has 33 heavy (non-hydrogen) atoms. The number of hydrogen-bond acceptors (Lipinski definition) is 5. The van der Waals surface area contributed by atoms with Gasteiger partial charge < -0.3 is 15.0 Å². The summed E-state index contributed by atoms with van der Waals surface area (Å²) in [7, 11) is 0. The van der Waals surface area contributed by atoms with Gasteiger partial charge in [-0.1, -0.05) is 0 Å². The van der Waals surface area contributed by atoms with Crippen molar-refractivity contribution in [1.82, 2.24) is 15.1 Å². The predicted molar refractivity (Wildman–Crippen MR) is 116 cm³/mol. The summed E-state index contributed by atoms with van der Waals surface area (Å²) >= 11 is 0. The molecule has 1 N–H and O–H groups in total. The molecule has 3 fully saturated rings. The number of anilines is 1. The zero-order chi connectivity index (χ0) is 22.9. The molecule has 1 aromatic heterocycles. The average Bonchev–Trinajstić information content (AvgIpc) is 3.34.